The molecule has 0 bridgehead atoms. The first-order valence-electron chi connectivity index (χ1n) is 9.85. The molecule has 10 nitrogen and oxygen atoms in total. The lowest BCUT2D eigenvalue weighted by atomic mass is 10.0. The quantitative estimate of drug-likeness (QED) is 0.682. The summed E-state index contributed by atoms with van der Waals surface area (Å²) in [6, 6.07) is 3.92. The zero-order valence-electron chi connectivity index (χ0n) is 15.9. The van der Waals surface area contributed by atoms with Gasteiger partial charge in [0.15, 0.2) is 11.5 Å². The van der Waals surface area contributed by atoms with E-state index in [-0.39, 0.29) is 0 Å². The maximum atomic E-state index is 12.9. The molecule has 11 heteroatoms. The molecule has 0 saturated carbocycles. The van der Waals surface area contributed by atoms with Gasteiger partial charge in [0.1, 0.15) is 5.82 Å². The van der Waals surface area contributed by atoms with E-state index in [1.807, 2.05) is 19.1 Å². The molecule has 3 fully saturated rings. The van der Waals surface area contributed by atoms with Crippen LogP contribution in [-0.4, -0.2) is 89.3 Å². The van der Waals surface area contributed by atoms with E-state index in [0.717, 1.165) is 36.8 Å². The Hall–Kier alpha value is -1.82. The smallest absolute Gasteiger partial charge is 0.282 e. The molecule has 2 atom stereocenters. The minimum absolute atomic E-state index is 0.333. The fraction of sp³-hybridized carbons (Fsp3) is 0.706. The number of hydrogen-bond acceptors (Lipinski definition) is 7. The molecule has 0 aromatic carbocycles. The number of nitrogens with zero attached hydrogens (tertiary/aromatic N) is 7. The summed E-state index contributed by atoms with van der Waals surface area (Å²) >= 11 is 0. The summed E-state index contributed by atoms with van der Waals surface area (Å²) < 4.78 is 36.1. The second kappa shape index (κ2) is 6.90. The lowest BCUT2D eigenvalue weighted by molar-refractivity contribution is 0.0705. The van der Waals surface area contributed by atoms with Crippen molar-refractivity contribution in [2.75, 3.05) is 57.4 Å². The number of ether oxygens (including phenoxy) is 1. The van der Waals surface area contributed by atoms with E-state index in [1.165, 1.54) is 0 Å². The van der Waals surface area contributed by atoms with Crippen LogP contribution in [0.2, 0.25) is 0 Å². The van der Waals surface area contributed by atoms with Gasteiger partial charge in [0, 0.05) is 45.7 Å². The van der Waals surface area contributed by atoms with Crippen molar-refractivity contribution in [3.05, 3.63) is 18.0 Å². The van der Waals surface area contributed by atoms with Gasteiger partial charge in [-0.15, -0.1) is 15.3 Å². The molecule has 2 unspecified atom stereocenters. The number of anilines is 1. The van der Waals surface area contributed by atoms with Gasteiger partial charge in [-0.2, -0.15) is 21.5 Å². The molecule has 28 heavy (non-hydrogen) atoms. The topological polar surface area (TPSA) is 96.2 Å². The van der Waals surface area contributed by atoms with Crippen molar-refractivity contribution >= 4 is 21.7 Å². The summed E-state index contributed by atoms with van der Waals surface area (Å²) in [6.07, 6.45) is 0.775. The molecule has 152 valence electrons. The van der Waals surface area contributed by atoms with Crippen LogP contribution < -0.4 is 4.90 Å². The van der Waals surface area contributed by atoms with E-state index in [9.17, 15) is 8.42 Å². The zero-order chi connectivity index (χ0) is 19.3. The van der Waals surface area contributed by atoms with E-state index >= 15 is 0 Å². The summed E-state index contributed by atoms with van der Waals surface area (Å²) in [4.78, 5) is 2.26. The molecule has 3 saturated heterocycles. The molecule has 0 N–H and O–H groups in total. The molecular formula is C17H25N7O3S. The molecule has 3 aliphatic rings. The highest BCUT2D eigenvalue weighted by Crippen LogP contribution is 2.35. The first kappa shape index (κ1) is 18.2. The fourth-order valence-electron chi connectivity index (χ4n) is 4.48. The van der Waals surface area contributed by atoms with Gasteiger partial charge in [-0.25, -0.2) is 0 Å². The molecular weight excluding hydrogens is 382 g/mol. The Balaban J connectivity index is 1.29. The van der Waals surface area contributed by atoms with Crippen LogP contribution in [-0.2, 0) is 21.4 Å². The SMILES string of the molecule is CCc1nnc2ccc(N3CC4CN(S(=O)(=O)N5CCOCC5)CC4C3)nn12. The number of hydrogen-bond donors (Lipinski definition) is 0. The maximum absolute atomic E-state index is 12.9. The first-order valence-corrected chi connectivity index (χ1v) is 11.2. The van der Waals surface area contributed by atoms with E-state index in [4.69, 9.17) is 9.84 Å². The molecule has 5 heterocycles. The van der Waals surface area contributed by atoms with Gasteiger partial charge in [0.05, 0.1) is 13.2 Å². The van der Waals surface area contributed by atoms with Crippen LogP contribution in [0.5, 0.6) is 0 Å². The van der Waals surface area contributed by atoms with Crippen LogP contribution in [0.15, 0.2) is 12.1 Å². The number of morpholine rings is 1. The Morgan fingerprint density at radius 3 is 2.43 bits per heavy atom. The van der Waals surface area contributed by atoms with Gasteiger partial charge in [-0.05, 0) is 24.0 Å². The molecule has 5 rings (SSSR count). The van der Waals surface area contributed by atoms with Crippen molar-refractivity contribution in [1.29, 1.82) is 0 Å². The van der Waals surface area contributed by atoms with Gasteiger partial charge in [0.2, 0.25) is 0 Å². The predicted octanol–water partition coefficient (Wildman–Crippen LogP) is -0.368. The second-order valence-electron chi connectivity index (χ2n) is 7.69. The van der Waals surface area contributed by atoms with Gasteiger partial charge in [-0.1, -0.05) is 6.92 Å². The summed E-state index contributed by atoms with van der Waals surface area (Å²) in [5, 5.41) is 13.0. The average molecular weight is 408 g/mol. The molecule has 0 amide bonds. The largest absolute Gasteiger partial charge is 0.379 e. The summed E-state index contributed by atoms with van der Waals surface area (Å²) in [7, 11) is -3.38. The van der Waals surface area contributed by atoms with Crippen LogP contribution in [0.3, 0.4) is 0 Å². The third-order valence-corrected chi connectivity index (χ3v) is 8.00. The van der Waals surface area contributed by atoms with Crippen molar-refractivity contribution in [3.8, 4) is 0 Å². The third-order valence-electron chi connectivity index (χ3n) is 6.03. The minimum Gasteiger partial charge on any atom is -0.379 e. The monoisotopic (exact) mass is 407 g/mol. The highest BCUT2D eigenvalue weighted by Gasteiger charge is 2.46. The summed E-state index contributed by atoms with van der Waals surface area (Å²) in [6.45, 7) is 6.69. The van der Waals surface area contributed by atoms with Gasteiger partial charge in [0.25, 0.3) is 10.2 Å². The Morgan fingerprint density at radius 2 is 1.75 bits per heavy atom. The maximum Gasteiger partial charge on any atom is 0.282 e. The standard InChI is InChI=1S/C17H25N7O3S/c1-2-15-18-19-16-3-4-17(20-24(15)16)21-9-13-11-23(12-14(13)10-21)28(25,26)22-5-7-27-8-6-22/h3-4,13-14H,2,5-12H2,1H3. The molecule has 2 aromatic rings. The molecule has 3 aliphatic heterocycles. The van der Waals surface area contributed by atoms with Crippen molar-refractivity contribution in [2.45, 2.75) is 13.3 Å². The lowest BCUT2D eigenvalue weighted by Crippen LogP contribution is -2.48. The molecule has 0 radical (unpaired) electrons. The zero-order valence-corrected chi connectivity index (χ0v) is 16.8. The van der Waals surface area contributed by atoms with E-state index in [0.29, 0.717) is 51.2 Å². The van der Waals surface area contributed by atoms with Gasteiger partial charge in [-0.3, -0.25) is 0 Å². The fourth-order valence-corrected chi connectivity index (χ4v) is 6.18. The Labute approximate surface area is 164 Å². The van der Waals surface area contributed by atoms with Crippen LogP contribution in [0, 0.1) is 11.8 Å². The highest BCUT2D eigenvalue weighted by atomic mass is 32.2. The Bertz CT molecular complexity index is 958. The number of aryl methyl sites for hydroxylation is 1. The lowest BCUT2D eigenvalue weighted by Gasteiger charge is -2.31. The van der Waals surface area contributed by atoms with Crippen molar-refractivity contribution in [2.24, 2.45) is 11.8 Å². The predicted molar refractivity (Wildman–Crippen MR) is 102 cm³/mol. The van der Waals surface area contributed by atoms with Crippen LogP contribution in [0.1, 0.15) is 12.7 Å². The third kappa shape index (κ3) is 2.97. The van der Waals surface area contributed by atoms with Crippen LogP contribution >= 0.6 is 0 Å². The van der Waals surface area contributed by atoms with Crippen molar-refractivity contribution in [3.63, 3.8) is 0 Å². The Kier molecular flexibility index (Phi) is 4.49. The van der Waals surface area contributed by atoms with E-state index in [2.05, 4.69) is 15.1 Å². The number of aromatic nitrogens is 4. The number of rotatable bonds is 4. The summed E-state index contributed by atoms with van der Waals surface area (Å²) in [5.74, 6) is 2.41. The highest BCUT2D eigenvalue weighted by molar-refractivity contribution is 7.86. The second-order valence-corrected chi connectivity index (χ2v) is 9.62. The van der Waals surface area contributed by atoms with Crippen LogP contribution in [0.25, 0.3) is 5.65 Å². The van der Waals surface area contributed by atoms with Crippen molar-refractivity contribution in [1.82, 2.24) is 28.4 Å². The Morgan fingerprint density at radius 1 is 1.04 bits per heavy atom. The first-order chi connectivity index (χ1) is 13.6. The van der Waals surface area contributed by atoms with E-state index in [1.54, 1.807) is 13.1 Å². The minimum atomic E-state index is -3.38. The van der Waals surface area contributed by atoms with Crippen LogP contribution in [0.4, 0.5) is 5.82 Å². The molecule has 0 aliphatic carbocycles. The molecule has 0 spiro atoms. The number of fused-ring (bicyclic) bond motifs is 2. The van der Waals surface area contributed by atoms with Crippen molar-refractivity contribution < 1.29 is 13.2 Å². The average Bonchev–Trinajstić information content (AvgIpc) is 3.40. The van der Waals surface area contributed by atoms with Gasteiger partial charge >= 0.3 is 0 Å². The van der Waals surface area contributed by atoms with E-state index < -0.39 is 10.2 Å². The summed E-state index contributed by atoms with van der Waals surface area (Å²) in [5.41, 5.74) is 0.753. The molecule has 2 aromatic heterocycles. The van der Waals surface area contributed by atoms with Gasteiger partial charge < -0.3 is 9.64 Å². The normalized spacial score (nSPS) is 27.0.